The minimum absolute atomic E-state index is 1.27. The van der Waals surface area contributed by atoms with Gasteiger partial charge in [0.2, 0.25) is 0 Å². The van der Waals surface area contributed by atoms with Crippen molar-refractivity contribution >= 4 is 17.4 Å². The molecule has 6 heavy (non-hydrogen) atoms. The molecule has 0 saturated heterocycles. The lowest BCUT2D eigenvalue weighted by Crippen LogP contribution is -1.57. The van der Waals surface area contributed by atoms with Crippen LogP contribution in [0.4, 0.5) is 0 Å². The summed E-state index contributed by atoms with van der Waals surface area (Å²) in [4.78, 5) is 3.70. The highest BCUT2D eigenvalue weighted by atomic mass is 32.1. The molecule has 0 saturated carbocycles. The van der Waals surface area contributed by atoms with Crippen molar-refractivity contribution in [3.05, 3.63) is 0 Å². The summed E-state index contributed by atoms with van der Waals surface area (Å²) in [6.07, 6.45) is 1.27. The minimum Gasteiger partial charge on any atom is -0.266 e. The Bertz CT molecular complexity index is 109. The topological polar surface area (TPSA) is 45.4 Å². The van der Waals surface area contributed by atoms with Crippen molar-refractivity contribution in [1.82, 2.24) is 0 Å². The normalized spacial score (nSPS) is 4.50. The highest BCUT2D eigenvalue weighted by Crippen LogP contribution is 1.60. The zero-order valence-corrected chi connectivity index (χ0v) is 3.53. The van der Waals surface area contributed by atoms with Gasteiger partial charge in [0.05, 0.1) is 0 Å². The molecule has 0 aliphatic heterocycles. The summed E-state index contributed by atoms with van der Waals surface area (Å²) < 4.78 is 0. The predicted octanol–water partition coefficient (Wildman–Crippen LogP) is 0.502. The molecular weight excluding hydrogens is 100 g/mol. The van der Waals surface area contributed by atoms with Crippen molar-refractivity contribution in [2.75, 3.05) is 0 Å². The molecule has 0 radical (unpaired) electrons. The van der Waals surface area contributed by atoms with E-state index in [0.29, 0.717) is 0 Å². The zero-order chi connectivity index (χ0) is 4.83. The molecule has 0 bridgehead atoms. The van der Waals surface area contributed by atoms with Crippen molar-refractivity contribution in [2.45, 2.75) is 0 Å². The van der Waals surface area contributed by atoms with E-state index in [1.54, 1.807) is 0 Å². The lowest BCUT2D eigenvalue weighted by atomic mass is 11.6. The van der Waals surface area contributed by atoms with Crippen LogP contribution >= 0.6 is 12.2 Å². The maximum atomic E-state index is 7.55. The molecule has 0 rings (SSSR count). The molecule has 3 nitrogen and oxygen atoms in total. The number of isothiocyanates is 1. The van der Waals surface area contributed by atoms with E-state index in [0.717, 1.165) is 0 Å². The van der Waals surface area contributed by atoms with Crippen LogP contribution in [0.3, 0.4) is 0 Å². The summed E-state index contributed by atoms with van der Waals surface area (Å²) in [6.45, 7) is 0. The quantitative estimate of drug-likeness (QED) is 0.208. The second-order valence-corrected chi connectivity index (χ2v) is 0.548. The van der Waals surface area contributed by atoms with Gasteiger partial charge in [0.1, 0.15) is 5.16 Å². The van der Waals surface area contributed by atoms with Crippen molar-refractivity contribution in [3.8, 4) is 6.26 Å². The van der Waals surface area contributed by atoms with Gasteiger partial charge < -0.3 is 0 Å². The van der Waals surface area contributed by atoms with Crippen LogP contribution in [0.15, 0.2) is 5.16 Å². The average molecular weight is 100 g/mol. The fraction of sp³-hybridized carbons (Fsp3) is 0. The third-order valence-electron chi connectivity index (χ3n) is 0.124. The van der Waals surface area contributed by atoms with Crippen LogP contribution in [-0.4, -0.2) is 5.16 Å². The first-order chi connectivity index (χ1) is 2.91. The molecule has 0 aromatic carbocycles. The fourth-order valence-corrected chi connectivity index (χ4v) is 0.0763. The van der Waals surface area contributed by atoms with Crippen LogP contribution in [0.2, 0.25) is 0 Å². The van der Waals surface area contributed by atoms with E-state index in [9.17, 15) is 0 Å². The van der Waals surface area contributed by atoms with Gasteiger partial charge in [0, 0.05) is 0 Å². The fourth-order valence-electron chi connectivity index (χ4n) is 0.0390. The Labute approximate surface area is 39.8 Å². The molecule has 0 aliphatic rings. The third kappa shape index (κ3) is 3.09. The molecule has 0 unspecified atom stereocenters. The first kappa shape index (κ1) is 5.09. The largest absolute Gasteiger partial charge is 0.317 e. The summed E-state index contributed by atoms with van der Waals surface area (Å²) in [7, 11) is 0. The highest BCUT2D eigenvalue weighted by Gasteiger charge is 1.57. The van der Waals surface area contributed by atoms with E-state index < -0.39 is 0 Å². The Morgan fingerprint density at radius 2 is 2.50 bits per heavy atom. The Morgan fingerprint density at radius 1 is 1.83 bits per heavy atom. The summed E-state index contributed by atoms with van der Waals surface area (Å²) in [6, 6.07) is 0. The summed E-state index contributed by atoms with van der Waals surface area (Å²) in [5.74, 6) is 0. The van der Waals surface area contributed by atoms with Gasteiger partial charge in [-0.05, 0) is 17.4 Å². The first-order valence-electron chi connectivity index (χ1n) is 1.04. The molecule has 0 N–H and O–H groups in total. The molecule has 0 amide bonds. The van der Waals surface area contributed by atoms with Crippen molar-refractivity contribution in [3.63, 3.8) is 0 Å². The van der Waals surface area contributed by atoms with Crippen LogP contribution in [-0.2, 0) is 4.84 Å². The molecule has 0 aromatic rings. The van der Waals surface area contributed by atoms with Crippen LogP contribution in [0, 0.1) is 11.5 Å². The van der Waals surface area contributed by atoms with Crippen molar-refractivity contribution in [1.29, 1.82) is 5.26 Å². The maximum absolute atomic E-state index is 7.55. The zero-order valence-electron chi connectivity index (χ0n) is 2.71. The molecule has 0 atom stereocenters. The SMILES string of the molecule is N#CON=C=S. The number of hydrogen-bond acceptors (Lipinski definition) is 4. The van der Waals surface area contributed by atoms with E-state index in [-0.39, 0.29) is 0 Å². The van der Waals surface area contributed by atoms with E-state index in [2.05, 4.69) is 22.2 Å². The monoisotopic (exact) mass is 100.0 g/mol. The summed E-state index contributed by atoms with van der Waals surface area (Å²) >= 11 is 4.02. The number of nitriles is 1. The summed E-state index contributed by atoms with van der Waals surface area (Å²) in [5.41, 5.74) is 0. The van der Waals surface area contributed by atoms with E-state index >= 15 is 0 Å². The van der Waals surface area contributed by atoms with E-state index in [1.807, 2.05) is 5.16 Å². The Balaban J connectivity index is 3.16. The van der Waals surface area contributed by atoms with Gasteiger partial charge in [0.25, 0.3) is 0 Å². The van der Waals surface area contributed by atoms with Crippen molar-refractivity contribution in [2.24, 2.45) is 5.16 Å². The van der Waals surface area contributed by atoms with E-state index in [4.69, 9.17) is 5.26 Å². The van der Waals surface area contributed by atoms with Crippen LogP contribution in [0.25, 0.3) is 0 Å². The molecule has 0 spiro atoms. The van der Waals surface area contributed by atoms with Gasteiger partial charge in [-0.3, -0.25) is 4.84 Å². The Morgan fingerprint density at radius 3 is 2.67 bits per heavy atom. The number of hydrogen-bond donors (Lipinski definition) is 0. The molecule has 30 valence electrons. The third-order valence-corrected chi connectivity index (χ3v) is 0.198. The van der Waals surface area contributed by atoms with Crippen molar-refractivity contribution < 1.29 is 4.84 Å². The highest BCUT2D eigenvalue weighted by molar-refractivity contribution is 7.78. The molecular formula is C2N2OS. The van der Waals surface area contributed by atoms with Gasteiger partial charge >= 0.3 is 6.26 Å². The molecule has 0 heterocycles. The molecule has 0 aromatic heterocycles. The van der Waals surface area contributed by atoms with Crippen LogP contribution < -0.4 is 0 Å². The lowest BCUT2D eigenvalue weighted by molar-refractivity contribution is 0.294. The lowest BCUT2D eigenvalue weighted by Gasteiger charge is -1.63. The van der Waals surface area contributed by atoms with Gasteiger partial charge in [-0.2, -0.15) is 0 Å². The first-order valence-corrected chi connectivity index (χ1v) is 1.45. The summed E-state index contributed by atoms with van der Waals surface area (Å²) in [5, 5.41) is 12.2. The van der Waals surface area contributed by atoms with Gasteiger partial charge in [-0.1, -0.05) is 0 Å². The maximum Gasteiger partial charge on any atom is 0.317 e. The van der Waals surface area contributed by atoms with Crippen LogP contribution in [0.1, 0.15) is 0 Å². The van der Waals surface area contributed by atoms with Gasteiger partial charge in [-0.15, -0.1) is 5.26 Å². The average Bonchev–Trinajstić information content (AvgIpc) is 1.61. The number of thiocarbonyl (C=S) groups is 1. The number of rotatable bonds is 1. The van der Waals surface area contributed by atoms with Gasteiger partial charge in [-0.25, -0.2) is 0 Å². The van der Waals surface area contributed by atoms with Crippen LogP contribution in [0.5, 0.6) is 0 Å². The number of nitrogens with zero attached hydrogens (tertiary/aromatic N) is 2. The molecule has 4 heteroatoms. The van der Waals surface area contributed by atoms with Gasteiger partial charge in [0.15, 0.2) is 0 Å². The second-order valence-electron chi connectivity index (χ2n) is 0.365. The molecule has 0 aliphatic carbocycles. The minimum atomic E-state index is 1.27. The Hall–Kier alpha value is -0.910. The second kappa shape index (κ2) is 4.09. The molecule has 0 fully saturated rings. The Kier molecular flexibility index (Phi) is 3.47. The predicted molar refractivity (Wildman–Crippen MR) is 21.7 cm³/mol. The van der Waals surface area contributed by atoms with E-state index in [1.165, 1.54) is 6.26 Å². The standard InChI is InChI=1S/C2N2OS/c3-1-5-4-2-6. The smallest absolute Gasteiger partial charge is 0.266 e.